The second-order valence-corrected chi connectivity index (χ2v) is 8.93. The molecule has 0 amide bonds. The lowest BCUT2D eigenvalue weighted by atomic mass is 9.93. The van der Waals surface area contributed by atoms with Gasteiger partial charge in [-0.2, -0.15) is 0 Å². The molecule has 0 spiro atoms. The van der Waals surface area contributed by atoms with Crippen LogP contribution >= 0.6 is 22.9 Å². The second-order valence-electron chi connectivity index (χ2n) is 7.18. The summed E-state index contributed by atoms with van der Waals surface area (Å²) in [5.74, 6) is 0.620. The molecule has 1 N–H and O–H groups in total. The number of rotatable bonds is 6. The van der Waals surface area contributed by atoms with Gasteiger partial charge in [-0.05, 0) is 67.9 Å². The van der Waals surface area contributed by atoms with Gasteiger partial charge < -0.3 is 9.84 Å². The zero-order valence-electron chi connectivity index (χ0n) is 15.8. The number of carboxylic acids is 1. The van der Waals surface area contributed by atoms with Crippen LogP contribution in [0, 0.1) is 5.92 Å². The number of carbonyl (C=O) groups is 1. The lowest BCUT2D eigenvalue weighted by molar-refractivity contribution is -0.143. The molecule has 0 bridgehead atoms. The lowest BCUT2D eigenvalue weighted by Gasteiger charge is -2.36. The second kappa shape index (κ2) is 8.99. The van der Waals surface area contributed by atoms with Crippen LogP contribution in [0.1, 0.15) is 29.3 Å². The van der Waals surface area contributed by atoms with Gasteiger partial charge in [-0.15, -0.1) is 11.3 Å². The molecule has 1 aliphatic heterocycles. The number of hydrogen-bond donors (Lipinski definition) is 1. The summed E-state index contributed by atoms with van der Waals surface area (Å²) in [5.41, 5.74) is 1.12. The topological polar surface area (TPSA) is 49.8 Å². The lowest BCUT2D eigenvalue weighted by Crippen LogP contribution is -2.39. The number of hydrogen-bond acceptors (Lipinski definition) is 4. The molecule has 150 valence electrons. The van der Waals surface area contributed by atoms with Gasteiger partial charge in [0.15, 0.2) is 0 Å². The zero-order valence-corrected chi connectivity index (χ0v) is 17.4. The smallest absolute Gasteiger partial charge is 0.306 e. The van der Waals surface area contributed by atoms with Gasteiger partial charge in [0.2, 0.25) is 0 Å². The van der Waals surface area contributed by atoms with Crippen LogP contribution in [0.2, 0.25) is 4.34 Å². The van der Waals surface area contributed by atoms with Gasteiger partial charge in [0.1, 0.15) is 11.5 Å². The van der Waals surface area contributed by atoms with E-state index in [0.29, 0.717) is 12.8 Å². The first kappa shape index (κ1) is 20.0. The quantitative estimate of drug-likeness (QED) is 0.517. The average Bonchev–Trinajstić information content (AvgIpc) is 3.15. The van der Waals surface area contributed by atoms with Gasteiger partial charge in [-0.1, -0.05) is 41.9 Å². The minimum absolute atomic E-state index is 0.0292. The Morgan fingerprint density at radius 1 is 1.03 bits per heavy atom. The zero-order chi connectivity index (χ0) is 20.2. The highest BCUT2D eigenvalue weighted by molar-refractivity contribution is 7.16. The highest BCUT2D eigenvalue weighted by Crippen LogP contribution is 2.38. The monoisotopic (exact) mass is 427 g/mol. The highest BCUT2D eigenvalue weighted by Gasteiger charge is 2.31. The fourth-order valence-corrected chi connectivity index (χ4v) is 5.03. The van der Waals surface area contributed by atoms with E-state index in [9.17, 15) is 9.90 Å². The average molecular weight is 428 g/mol. The molecule has 0 aliphatic carbocycles. The Kier molecular flexibility index (Phi) is 6.19. The summed E-state index contributed by atoms with van der Waals surface area (Å²) in [6.07, 6.45) is 1.32. The number of carboxylic acid groups (broad SMARTS) is 1. The summed E-state index contributed by atoms with van der Waals surface area (Å²) in [5, 5.41) is 9.33. The Morgan fingerprint density at radius 3 is 2.41 bits per heavy atom. The molecule has 1 unspecified atom stereocenters. The van der Waals surface area contributed by atoms with E-state index in [1.165, 1.54) is 0 Å². The van der Waals surface area contributed by atoms with Crippen molar-refractivity contribution in [3.63, 3.8) is 0 Å². The van der Waals surface area contributed by atoms with Crippen LogP contribution in [-0.2, 0) is 4.79 Å². The highest BCUT2D eigenvalue weighted by atomic mass is 35.5. The van der Waals surface area contributed by atoms with Crippen molar-refractivity contribution in [3.8, 4) is 11.5 Å². The van der Waals surface area contributed by atoms with E-state index < -0.39 is 5.97 Å². The Morgan fingerprint density at radius 2 is 1.76 bits per heavy atom. The van der Waals surface area contributed by atoms with Crippen molar-refractivity contribution in [1.82, 2.24) is 4.90 Å². The van der Waals surface area contributed by atoms with Crippen LogP contribution in [0.25, 0.3) is 0 Å². The first-order valence-corrected chi connectivity index (χ1v) is 10.8. The predicted octanol–water partition coefficient (Wildman–Crippen LogP) is 6.08. The van der Waals surface area contributed by atoms with E-state index >= 15 is 0 Å². The van der Waals surface area contributed by atoms with Crippen LogP contribution in [-0.4, -0.2) is 29.1 Å². The Balaban J connectivity index is 1.62. The fraction of sp³-hybridized carbons (Fsp3) is 0.261. The van der Waals surface area contributed by atoms with Crippen molar-refractivity contribution < 1.29 is 14.6 Å². The molecule has 1 aromatic heterocycles. The van der Waals surface area contributed by atoms with Crippen LogP contribution in [0.5, 0.6) is 11.5 Å². The third kappa shape index (κ3) is 4.81. The number of para-hydroxylation sites is 1. The number of ether oxygens (including phenoxy) is 1. The van der Waals surface area contributed by atoms with Crippen molar-refractivity contribution in [2.45, 2.75) is 18.9 Å². The van der Waals surface area contributed by atoms with E-state index in [2.05, 4.69) is 23.1 Å². The molecule has 29 heavy (non-hydrogen) atoms. The maximum atomic E-state index is 11.3. The van der Waals surface area contributed by atoms with Crippen molar-refractivity contribution in [2.24, 2.45) is 5.92 Å². The van der Waals surface area contributed by atoms with Crippen LogP contribution < -0.4 is 4.74 Å². The van der Waals surface area contributed by atoms with Gasteiger partial charge in [0.05, 0.1) is 16.3 Å². The minimum atomic E-state index is -0.696. The fourth-order valence-electron chi connectivity index (χ4n) is 3.81. The first-order valence-electron chi connectivity index (χ1n) is 9.65. The van der Waals surface area contributed by atoms with E-state index in [1.54, 1.807) is 11.3 Å². The predicted molar refractivity (Wildman–Crippen MR) is 116 cm³/mol. The largest absolute Gasteiger partial charge is 0.481 e. The van der Waals surface area contributed by atoms with Gasteiger partial charge in [-0.3, -0.25) is 9.69 Å². The number of halogens is 1. The van der Waals surface area contributed by atoms with Gasteiger partial charge in [0.25, 0.3) is 0 Å². The summed E-state index contributed by atoms with van der Waals surface area (Å²) >= 11 is 7.80. The SMILES string of the molecule is O=C(O)C1CCN(C(c2cccc(Oc3ccccc3)c2)c2ccc(Cl)s2)CC1. The summed E-state index contributed by atoms with van der Waals surface area (Å²) in [6.45, 7) is 1.47. The van der Waals surface area contributed by atoms with Crippen LogP contribution in [0.15, 0.2) is 66.7 Å². The molecule has 2 heterocycles. The molecule has 3 aromatic rings. The van der Waals surface area contributed by atoms with Gasteiger partial charge in [0, 0.05) is 4.88 Å². The number of piperidine rings is 1. The number of nitrogens with zero attached hydrogens (tertiary/aromatic N) is 1. The maximum absolute atomic E-state index is 11.3. The molecule has 1 fully saturated rings. The summed E-state index contributed by atoms with van der Waals surface area (Å²) < 4.78 is 6.78. The first-order chi connectivity index (χ1) is 14.1. The molecule has 0 radical (unpaired) electrons. The summed E-state index contributed by atoms with van der Waals surface area (Å²) in [4.78, 5) is 14.8. The Labute approximate surface area is 179 Å². The molecule has 4 rings (SSSR count). The van der Waals surface area contributed by atoms with Crippen LogP contribution in [0.3, 0.4) is 0 Å². The molecule has 1 aliphatic rings. The van der Waals surface area contributed by atoms with Gasteiger partial charge >= 0.3 is 5.97 Å². The van der Waals surface area contributed by atoms with E-state index in [1.807, 2.05) is 48.5 Å². The third-order valence-corrected chi connectivity index (χ3v) is 6.54. The number of aliphatic carboxylic acids is 1. The summed E-state index contributed by atoms with van der Waals surface area (Å²) in [6, 6.07) is 21.8. The van der Waals surface area contributed by atoms with Crippen molar-refractivity contribution in [2.75, 3.05) is 13.1 Å². The molecule has 1 atom stereocenters. The molecule has 2 aromatic carbocycles. The van der Waals surface area contributed by atoms with E-state index in [-0.39, 0.29) is 12.0 Å². The standard InChI is InChI=1S/C23H22ClNO3S/c24-21-10-9-20(29-21)22(25-13-11-16(12-14-25)23(26)27)17-5-4-8-19(15-17)28-18-6-2-1-3-7-18/h1-10,15-16,22H,11-14H2,(H,26,27). The molecule has 4 nitrogen and oxygen atoms in total. The third-order valence-electron chi connectivity index (χ3n) is 5.26. The van der Waals surface area contributed by atoms with Crippen molar-refractivity contribution in [3.05, 3.63) is 81.5 Å². The summed E-state index contributed by atoms with van der Waals surface area (Å²) in [7, 11) is 0. The minimum Gasteiger partial charge on any atom is -0.481 e. The molecule has 6 heteroatoms. The Hall–Kier alpha value is -2.34. The number of thiophene rings is 1. The number of benzene rings is 2. The molecular weight excluding hydrogens is 406 g/mol. The van der Waals surface area contributed by atoms with Gasteiger partial charge in [-0.25, -0.2) is 0 Å². The van der Waals surface area contributed by atoms with Crippen LogP contribution in [0.4, 0.5) is 0 Å². The normalized spacial score (nSPS) is 16.4. The maximum Gasteiger partial charge on any atom is 0.306 e. The molecular formula is C23H22ClNO3S. The molecule has 1 saturated heterocycles. The number of likely N-dealkylation sites (tertiary alicyclic amines) is 1. The Bertz CT molecular complexity index is 967. The van der Waals surface area contributed by atoms with Crippen molar-refractivity contribution in [1.29, 1.82) is 0 Å². The molecule has 0 saturated carbocycles. The van der Waals surface area contributed by atoms with E-state index in [0.717, 1.165) is 39.4 Å². The van der Waals surface area contributed by atoms with Crippen molar-refractivity contribution >= 4 is 28.9 Å². The van der Waals surface area contributed by atoms with E-state index in [4.69, 9.17) is 16.3 Å².